The molecule has 1 amide bonds. The molecule has 3 heterocycles. The summed E-state index contributed by atoms with van der Waals surface area (Å²) in [5.41, 5.74) is 0.864. The third-order valence-corrected chi connectivity index (χ3v) is 5.37. The normalized spacial score (nSPS) is 17.3. The highest BCUT2D eigenvalue weighted by molar-refractivity contribution is 5.96. The highest BCUT2D eigenvalue weighted by atomic mass is 16.6. The quantitative estimate of drug-likeness (QED) is 0.568. The van der Waals surface area contributed by atoms with E-state index in [9.17, 15) is 14.9 Å². The van der Waals surface area contributed by atoms with E-state index in [-0.39, 0.29) is 11.6 Å². The number of piperazine rings is 1. The van der Waals surface area contributed by atoms with Gasteiger partial charge in [-0.2, -0.15) is 0 Å². The summed E-state index contributed by atoms with van der Waals surface area (Å²) in [6.07, 6.45) is 1.88. The van der Waals surface area contributed by atoms with E-state index in [1.165, 1.54) is 6.07 Å². The Hall–Kier alpha value is -3.20. The van der Waals surface area contributed by atoms with E-state index in [1.54, 1.807) is 17.0 Å². The number of aromatic nitrogens is 1. The van der Waals surface area contributed by atoms with Crippen LogP contribution in [-0.4, -0.2) is 68.2 Å². The molecule has 0 bridgehead atoms. The molecule has 2 aliphatic heterocycles. The number of nitrogens with one attached hydrogen (secondary N) is 1. The number of H-pyrrole nitrogens is 1. The first kappa shape index (κ1) is 19.1. The van der Waals surface area contributed by atoms with Gasteiger partial charge in [0.05, 0.1) is 37.4 Å². The van der Waals surface area contributed by atoms with Crippen LogP contribution >= 0.6 is 0 Å². The number of nitrogens with zero attached hydrogens (tertiary/aromatic N) is 4. The number of carbonyl (C=O) groups excluding carboxylic acids is 1. The van der Waals surface area contributed by atoms with Gasteiger partial charge in [-0.05, 0) is 18.2 Å². The van der Waals surface area contributed by atoms with E-state index in [0.29, 0.717) is 63.7 Å². The van der Waals surface area contributed by atoms with Crippen molar-refractivity contribution in [3.05, 3.63) is 58.3 Å². The number of benzene rings is 1. The summed E-state index contributed by atoms with van der Waals surface area (Å²) in [4.78, 5) is 33.3. The predicted molar refractivity (Wildman–Crippen MR) is 107 cm³/mol. The molecule has 0 unspecified atom stereocenters. The molecule has 1 N–H and O–H groups in total. The SMILES string of the molecule is O=C(c1ccc(N2CCOCC2)c([N+](=O)[O-])c1)N1CCN(c2cccc[nH+]2)CC1. The fraction of sp³-hybridized carbons (Fsp3) is 0.400. The number of nitro benzene ring substituents is 1. The van der Waals surface area contributed by atoms with E-state index in [1.807, 2.05) is 29.3 Å². The van der Waals surface area contributed by atoms with Crippen molar-refractivity contribution < 1.29 is 19.4 Å². The van der Waals surface area contributed by atoms with Gasteiger partial charge >= 0.3 is 0 Å². The summed E-state index contributed by atoms with van der Waals surface area (Å²) < 4.78 is 5.32. The second-order valence-electron chi connectivity index (χ2n) is 7.09. The number of anilines is 2. The van der Waals surface area contributed by atoms with Gasteiger partial charge in [-0.3, -0.25) is 19.8 Å². The minimum atomic E-state index is -0.412. The third-order valence-electron chi connectivity index (χ3n) is 5.37. The molecule has 0 spiro atoms. The molecular weight excluding hydrogens is 374 g/mol. The number of hydrogen-bond acceptors (Lipinski definition) is 6. The molecule has 0 radical (unpaired) electrons. The van der Waals surface area contributed by atoms with Crippen LogP contribution in [-0.2, 0) is 4.74 Å². The average Bonchev–Trinajstić information content (AvgIpc) is 2.79. The van der Waals surface area contributed by atoms with E-state index in [4.69, 9.17) is 4.74 Å². The van der Waals surface area contributed by atoms with E-state index >= 15 is 0 Å². The van der Waals surface area contributed by atoms with Gasteiger partial charge in [-0.1, -0.05) is 6.07 Å². The summed E-state index contributed by atoms with van der Waals surface area (Å²) >= 11 is 0. The van der Waals surface area contributed by atoms with Gasteiger partial charge in [0, 0.05) is 30.8 Å². The van der Waals surface area contributed by atoms with Crippen LogP contribution in [0.3, 0.4) is 0 Å². The zero-order chi connectivity index (χ0) is 20.2. The molecule has 29 heavy (non-hydrogen) atoms. The fourth-order valence-corrected chi connectivity index (χ4v) is 3.79. The topological polar surface area (TPSA) is 93.3 Å². The van der Waals surface area contributed by atoms with Crippen molar-refractivity contribution in [2.24, 2.45) is 0 Å². The van der Waals surface area contributed by atoms with Crippen LogP contribution in [0.2, 0.25) is 0 Å². The molecule has 1 aromatic heterocycles. The molecule has 2 aromatic rings. The molecule has 2 saturated heterocycles. The lowest BCUT2D eigenvalue weighted by Gasteiger charge is -2.31. The van der Waals surface area contributed by atoms with Crippen molar-refractivity contribution in [3.8, 4) is 0 Å². The van der Waals surface area contributed by atoms with Crippen molar-refractivity contribution in [3.63, 3.8) is 0 Å². The smallest absolute Gasteiger partial charge is 0.293 e. The molecule has 0 atom stereocenters. The van der Waals surface area contributed by atoms with Crippen molar-refractivity contribution in [1.29, 1.82) is 0 Å². The first-order valence-corrected chi connectivity index (χ1v) is 9.75. The van der Waals surface area contributed by atoms with Gasteiger partial charge in [0.15, 0.2) is 0 Å². The second kappa shape index (κ2) is 8.44. The summed E-state index contributed by atoms with van der Waals surface area (Å²) in [6.45, 7) is 4.85. The highest BCUT2D eigenvalue weighted by Gasteiger charge is 2.29. The molecule has 152 valence electrons. The van der Waals surface area contributed by atoms with E-state index in [2.05, 4.69) is 9.88 Å². The van der Waals surface area contributed by atoms with Gasteiger partial charge in [-0.15, -0.1) is 0 Å². The van der Waals surface area contributed by atoms with Gasteiger partial charge in [0.2, 0.25) is 0 Å². The number of amides is 1. The Kier molecular flexibility index (Phi) is 5.57. The lowest BCUT2D eigenvalue weighted by atomic mass is 10.1. The summed E-state index contributed by atoms with van der Waals surface area (Å²) in [7, 11) is 0. The van der Waals surface area contributed by atoms with Crippen LogP contribution in [0.15, 0.2) is 42.6 Å². The summed E-state index contributed by atoms with van der Waals surface area (Å²) in [5, 5.41) is 11.6. The zero-order valence-corrected chi connectivity index (χ0v) is 16.1. The Morgan fingerprint density at radius 2 is 1.76 bits per heavy atom. The largest absolute Gasteiger partial charge is 0.378 e. The maximum Gasteiger partial charge on any atom is 0.293 e. The van der Waals surface area contributed by atoms with Crippen molar-refractivity contribution in [1.82, 2.24) is 4.90 Å². The van der Waals surface area contributed by atoms with Crippen LogP contribution in [0.4, 0.5) is 17.2 Å². The minimum Gasteiger partial charge on any atom is -0.378 e. The Balaban J connectivity index is 1.47. The Bertz CT molecular complexity index is 878. The van der Waals surface area contributed by atoms with Crippen LogP contribution in [0.1, 0.15) is 10.4 Å². The van der Waals surface area contributed by atoms with Crippen molar-refractivity contribution in [2.45, 2.75) is 0 Å². The van der Waals surface area contributed by atoms with E-state index in [0.717, 1.165) is 5.82 Å². The number of hydrogen-bond donors (Lipinski definition) is 0. The van der Waals surface area contributed by atoms with Crippen LogP contribution < -0.4 is 14.8 Å². The van der Waals surface area contributed by atoms with Crippen molar-refractivity contribution in [2.75, 3.05) is 62.3 Å². The van der Waals surface area contributed by atoms with Crippen LogP contribution in [0.25, 0.3) is 0 Å². The number of morpholine rings is 1. The molecular formula is C20H24N5O4+. The maximum atomic E-state index is 12.9. The first-order valence-electron chi connectivity index (χ1n) is 9.75. The van der Waals surface area contributed by atoms with E-state index < -0.39 is 4.92 Å². The van der Waals surface area contributed by atoms with Crippen LogP contribution in [0.5, 0.6) is 0 Å². The zero-order valence-electron chi connectivity index (χ0n) is 16.1. The Labute approximate surface area is 168 Å². The lowest BCUT2D eigenvalue weighted by Crippen LogP contribution is -2.50. The molecule has 0 aliphatic carbocycles. The Morgan fingerprint density at radius 3 is 2.41 bits per heavy atom. The number of aromatic amines is 1. The van der Waals surface area contributed by atoms with Crippen LogP contribution in [0, 0.1) is 10.1 Å². The standard InChI is InChI=1S/C20H23N5O4/c26-20(24-9-7-23(8-10-24)19-3-1-2-6-21-19)16-4-5-17(18(15-16)25(27)28)22-11-13-29-14-12-22/h1-6,15H,7-14H2/p+1. The van der Waals surface area contributed by atoms with Gasteiger partial charge < -0.3 is 14.5 Å². The number of carbonyl (C=O) groups is 1. The molecule has 2 aliphatic rings. The molecule has 1 aromatic carbocycles. The molecule has 2 fully saturated rings. The Morgan fingerprint density at radius 1 is 1.00 bits per heavy atom. The van der Waals surface area contributed by atoms with Gasteiger partial charge in [0.1, 0.15) is 18.8 Å². The average molecular weight is 398 g/mol. The number of pyridine rings is 1. The lowest BCUT2D eigenvalue weighted by molar-refractivity contribution is -0.384. The molecule has 9 nitrogen and oxygen atoms in total. The summed E-state index contributed by atoms with van der Waals surface area (Å²) in [5.74, 6) is 0.850. The molecule has 9 heteroatoms. The highest BCUT2D eigenvalue weighted by Crippen LogP contribution is 2.30. The third kappa shape index (κ3) is 4.14. The molecule has 0 saturated carbocycles. The summed E-state index contributed by atoms with van der Waals surface area (Å²) in [6, 6.07) is 10.7. The second-order valence-corrected chi connectivity index (χ2v) is 7.09. The maximum absolute atomic E-state index is 12.9. The number of nitro groups is 1. The number of ether oxygens (including phenoxy) is 1. The number of rotatable bonds is 4. The fourth-order valence-electron chi connectivity index (χ4n) is 3.79. The van der Waals surface area contributed by atoms with Gasteiger partial charge in [0.25, 0.3) is 17.4 Å². The minimum absolute atomic E-state index is 0.0322. The monoisotopic (exact) mass is 398 g/mol. The van der Waals surface area contributed by atoms with Crippen molar-refractivity contribution >= 4 is 23.1 Å². The van der Waals surface area contributed by atoms with Gasteiger partial charge in [-0.25, -0.2) is 4.98 Å². The molecule has 4 rings (SSSR count). The predicted octanol–water partition coefficient (Wildman–Crippen LogP) is 1.21. The first-order chi connectivity index (χ1) is 14.1.